The summed E-state index contributed by atoms with van der Waals surface area (Å²) in [5, 5.41) is 14.2. The van der Waals surface area contributed by atoms with Crippen LogP contribution in [-0.4, -0.2) is 62.7 Å². The molecule has 27 heavy (non-hydrogen) atoms. The van der Waals surface area contributed by atoms with Gasteiger partial charge in [0.1, 0.15) is 5.82 Å². The average molecular weight is 371 g/mol. The Morgan fingerprint density at radius 2 is 2.00 bits per heavy atom. The third-order valence-electron chi connectivity index (χ3n) is 4.23. The molecule has 1 fully saturated rings. The Kier molecular flexibility index (Phi) is 6.95. The summed E-state index contributed by atoms with van der Waals surface area (Å²) in [6, 6.07) is 11.2. The molecule has 0 aliphatic carbocycles. The van der Waals surface area contributed by atoms with E-state index in [-0.39, 0.29) is 11.6 Å². The quantitative estimate of drug-likeness (QED) is 0.686. The van der Waals surface area contributed by atoms with Gasteiger partial charge in [0.05, 0.1) is 24.6 Å². The van der Waals surface area contributed by atoms with E-state index >= 15 is 0 Å². The third kappa shape index (κ3) is 5.38. The lowest BCUT2D eigenvalue weighted by Gasteiger charge is -2.30. The first-order valence-electron chi connectivity index (χ1n) is 9.07. The molecule has 0 atom stereocenters. The van der Waals surface area contributed by atoms with Crippen molar-refractivity contribution in [3.05, 3.63) is 42.1 Å². The lowest BCUT2D eigenvalue weighted by molar-refractivity contribution is 0.102. The van der Waals surface area contributed by atoms with Crippen LogP contribution in [0.2, 0.25) is 0 Å². The van der Waals surface area contributed by atoms with E-state index in [2.05, 4.69) is 25.7 Å². The fraction of sp³-hybridized carbons (Fsp3) is 0.421. The highest BCUT2D eigenvalue weighted by molar-refractivity contribution is 6.04. The van der Waals surface area contributed by atoms with Gasteiger partial charge in [-0.05, 0) is 30.7 Å². The molecule has 8 nitrogen and oxygen atoms in total. The van der Waals surface area contributed by atoms with Gasteiger partial charge in [-0.2, -0.15) is 0 Å². The van der Waals surface area contributed by atoms with E-state index in [1.54, 1.807) is 19.2 Å². The summed E-state index contributed by atoms with van der Waals surface area (Å²) in [6.07, 6.45) is 0.874. The number of carbonyl (C=O) groups excluding carboxylic acids is 1. The normalized spacial score (nSPS) is 14.0. The number of morpholine rings is 1. The average Bonchev–Trinajstić information content (AvgIpc) is 2.73. The molecule has 0 unspecified atom stereocenters. The van der Waals surface area contributed by atoms with Crippen LogP contribution in [0.3, 0.4) is 0 Å². The Labute approximate surface area is 158 Å². The number of nitrogens with one attached hydrogen (secondary N) is 2. The number of carbonyl (C=O) groups is 1. The number of methoxy groups -OCH3 is 1. The van der Waals surface area contributed by atoms with Crippen molar-refractivity contribution in [2.24, 2.45) is 0 Å². The summed E-state index contributed by atoms with van der Waals surface area (Å²) in [5.41, 5.74) is 2.01. The van der Waals surface area contributed by atoms with Gasteiger partial charge in [0, 0.05) is 33.4 Å². The van der Waals surface area contributed by atoms with Crippen molar-refractivity contribution in [2.75, 3.05) is 62.1 Å². The lowest BCUT2D eigenvalue weighted by Crippen LogP contribution is -2.36. The van der Waals surface area contributed by atoms with Gasteiger partial charge in [0.2, 0.25) is 0 Å². The Morgan fingerprint density at radius 1 is 1.19 bits per heavy atom. The number of rotatable bonds is 8. The maximum atomic E-state index is 12.6. The molecule has 0 spiro atoms. The number of para-hydroxylation sites is 2. The first-order valence-corrected chi connectivity index (χ1v) is 9.07. The maximum absolute atomic E-state index is 12.6. The van der Waals surface area contributed by atoms with Gasteiger partial charge in [-0.1, -0.05) is 12.1 Å². The molecule has 1 aromatic carbocycles. The van der Waals surface area contributed by atoms with E-state index < -0.39 is 0 Å². The summed E-state index contributed by atoms with van der Waals surface area (Å²) in [5.74, 6) is 0.352. The second kappa shape index (κ2) is 9.84. The van der Waals surface area contributed by atoms with Crippen molar-refractivity contribution in [3.63, 3.8) is 0 Å². The zero-order valence-electron chi connectivity index (χ0n) is 15.5. The van der Waals surface area contributed by atoms with Gasteiger partial charge >= 0.3 is 0 Å². The number of hydrogen-bond donors (Lipinski definition) is 2. The summed E-state index contributed by atoms with van der Waals surface area (Å²) in [6.45, 7) is 4.40. The number of ether oxygens (including phenoxy) is 2. The highest BCUT2D eigenvalue weighted by Crippen LogP contribution is 2.26. The molecule has 1 saturated heterocycles. The zero-order valence-corrected chi connectivity index (χ0v) is 15.5. The first kappa shape index (κ1) is 19.1. The Balaban J connectivity index is 1.62. The number of benzene rings is 1. The van der Waals surface area contributed by atoms with Crippen LogP contribution in [0.1, 0.15) is 16.9 Å². The molecule has 1 amide bonds. The fourth-order valence-electron chi connectivity index (χ4n) is 2.83. The van der Waals surface area contributed by atoms with Gasteiger partial charge in [-0.15, -0.1) is 10.2 Å². The van der Waals surface area contributed by atoms with E-state index in [4.69, 9.17) is 9.47 Å². The monoisotopic (exact) mass is 371 g/mol. The van der Waals surface area contributed by atoms with Gasteiger partial charge in [-0.25, -0.2) is 0 Å². The van der Waals surface area contributed by atoms with E-state index in [1.807, 2.05) is 24.3 Å². The molecule has 8 heteroatoms. The van der Waals surface area contributed by atoms with Crippen LogP contribution < -0.4 is 15.5 Å². The van der Waals surface area contributed by atoms with E-state index in [0.29, 0.717) is 25.6 Å². The minimum Gasteiger partial charge on any atom is -0.385 e. The number of hydrogen-bond acceptors (Lipinski definition) is 7. The molecular formula is C19H25N5O3. The molecule has 1 aliphatic rings. The van der Waals surface area contributed by atoms with Crippen molar-refractivity contribution in [3.8, 4) is 0 Å². The van der Waals surface area contributed by atoms with E-state index in [0.717, 1.165) is 37.4 Å². The number of anilines is 3. The molecule has 2 heterocycles. The molecule has 3 rings (SSSR count). The molecule has 0 radical (unpaired) electrons. The van der Waals surface area contributed by atoms with E-state index in [1.165, 1.54) is 0 Å². The number of amides is 1. The van der Waals surface area contributed by atoms with Gasteiger partial charge in [0.15, 0.2) is 5.69 Å². The van der Waals surface area contributed by atoms with Crippen molar-refractivity contribution in [1.29, 1.82) is 0 Å². The molecular weight excluding hydrogens is 346 g/mol. The Morgan fingerprint density at radius 3 is 2.74 bits per heavy atom. The number of nitrogens with zero attached hydrogens (tertiary/aromatic N) is 3. The van der Waals surface area contributed by atoms with E-state index in [9.17, 15) is 4.79 Å². The lowest BCUT2D eigenvalue weighted by atomic mass is 10.2. The van der Waals surface area contributed by atoms with Crippen LogP contribution in [0.5, 0.6) is 0 Å². The summed E-state index contributed by atoms with van der Waals surface area (Å²) >= 11 is 0. The highest BCUT2D eigenvalue weighted by atomic mass is 16.5. The van der Waals surface area contributed by atoms with Gasteiger partial charge in [-0.3, -0.25) is 4.79 Å². The highest BCUT2D eigenvalue weighted by Gasteiger charge is 2.17. The van der Waals surface area contributed by atoms with Gasteiger partial charge in [0.25, 0.3) is 5.91 Å². The van der Waals surface area contributed by atoms with Crippen LogP contribution >= 0.6 is 0 Å². The van der Waals surface area contributed by atoms with Crippen LogP contribution in [0.15, 0.2) is 36.4 Å². The van der Waals surface area contributed by atoms with Crippen molar-refractivity contribution < 1.29 is 14.3 Å². The summed E-state index contributed by atoms with van der Waals surface area (Å²) in [7, 11) is 1.67. The minimum atomic E-state index is -0.283. The topological polar surface area (TPSA) is 88.6 Å². The third-order valence-corrected chi connectivity index (χ3v) is 4.23. The zero-order chi connectivity index (χ0) is 18.9. The van der Waals surface area contributed by atoms with Crippen LogP contribution in [-0.2, 0) is 9.47 Å². The van der Waals surface area contributed by atoms with Crippen LogP contribution in [0.4, 0.5) is 17.2 Å². The predicted octanol–water partition coefficient (Wildman–Crippen LogP) is 2.01. The second-order valence-corrected chi connectivity index (χ2v) is 6.15. The number of aromatic nitrogens is 2. The fourth-order valence-corrected chi connectivity index (χ4v) is 2.83. The summed E-state index contributed by atoms with van der Waals surface area (Å²) < 4.78 is 10.4. The predicted molar refractivity (Wildman–Crippen MR) is 104 cm³/mol. The second-order valence-electron chi connectivity index (χ2n) is 6.15. The van der Waals surface area contributed by atoms with Crippen molar-refractivity contribution >= 4 is 23.1 Å². The molecule has 0 saturated carbocycles. The van der Waals surface area contributed by atoms with Gasteiger partial charge < -0.3 is 25.0 Å². The molecule has 1 aromatic heterocycles. The van der Waals surface area contributed by atoms with Crippen molar-refractivity contribution in [1.82, 2.24) is 10.2 Å². The Bertz CT molecular complexity index is 732. The Hall–Kier alpha value is -2.71. The standard InChI is InChI=1S/C19H25N5O3/c1-26-12-4-9-20-18-8-7-16(22-23-18)19(25)21-15-5-2-3-6-17(15)24-10-13-27-14-11-24/h2-3,5-8H,4,9-14H2,1H3,(H,20,23)(H,21,25). The van der Waals surface area contributed by atoms with Crippen LogP contribution in [0.25, 0.3) is 0 Å². The summed E-state index contributed by atoms with van der Waals surface area (Å²) in [4.78, 5) is 14.8. The minimum absolute atomic E-state index is 0.272. The molecule has 0 bridgehead atoms. The SMILES string of the molecule is COCCCNc1ccc(C(=O)Nc2ccccc2N2CCOCC2)nn1. The molecule has 2 N–H and O–H groups in total. The molecule has 2 aromatic rings. The molecule has 1 aliphatic heterocycles. The maximum Gasteiger partial charge on any atom is 0.276 e. The first-order chi connectivity index (χ1) is 13.3. The molecule has 144 valence electrons. The largest absolute Gasteiger partial charge is 0.385 e. The van der Waals surface area contributed by atoms with Crippen molar-refractivity contribution in [2.45, 2.75) is 6.42 Å². The smallest absolute Gasteiger partial charge is 0.276 e. The van der Waals surface area contributed by atoms with Crippen LogP contribution in [0, 0.1) is 0 Å².